The van der Waals surface area contributed by atoms with E-state index in [-0.39, 0.29) is 23.3 Å². The second-order valence-corrected chi connectivity index (χ2v) is 29.4. The molecule has 0 fully saturated rings. The minimum atomic E-state index is -0.311. The molecule has 8 N–H and O–H groups in total. The van der Waals surface area contributed by atoms with Crippen LogP contribution in [0.3, 0.4) is 0 Å². The maximum atomic E-state index is 13.5. The first kappa shape index (κ1) is 74.7. The zero-order valence-corrected chi connectivity index (χ0v) is 65.9. The SMILES string of the molecule is Brc1ccc2[nH]cc(-c3nc(-c4ccccc4)c(-c4ccccc4)[nH]3)c2c1.COc1ccc(-c2nc(-c3c(C)[nH]c4ccccc34)[nH]c2-c2ccc(OC)cc2)cc1.Cc1[nH]c2ccccc2c1-c1nc(-c2ccc(F)cc2)c(-c2ccc(F)cc2)[nH]1.Fc1ccc(-c2nc(-c3c[nH]c4ccc(Br)cc34)[nH]c2-c2ccc(F)cc2)cc1. The summed E-state index contributed by atoms with van der Waals surface area (Å²) in [4.78, 5) is 47.2. The van der Waals surface area contributed by atoms with E-state index in [0.29, 0.717) is 23.0 Å². The number of methoxy groups -OCH3 is 2. The molecule has 12 aromatic carbocycles. The van der Waals surface area contributed by atoms with Gasteiger partial charge in [-0.05, 0) is 208 Å². The molecule has 0 unspecified atom stereocenters. The van der Waals surface area contributed by atoms with Crippen LogP contribution in [-0.4, -0.2) is 74.0 Å². The minimum absolute atomic E-state index is 0.302. The number of ether oxygens (including phenoxy) is 2. The second-order valence-electron chi connectivity index (χ2n) is 27.6. The number of aryl methyl sites for hydroxylation is 2. The molecule has 0 bridgehead atoms. The first-order chi connectivity index (χ1) is 56.6. The van der Waals surface area contributed by atoms with Gasteiger partial charge in [-0.3, -0.25) is 0 Å². The molecule has 14 nitrogen and oxygen atoms in total. The largest absolute Gasteiger partial charge is 0.497 e. The monoisotopic (exact) mass is 1660 g/mol. The van der Waals surface area contributed by atoms with E-state index in [1.54, 1.807) is 62.8 Å². The van der Waals surface area contributed by atoms with E-state index in [4.69, 9.17) is 29.4 Å². The average Bonchev–Trinajstić information content (AvgIpc) is 1.61. The number of nitrogens with zero attached hydrogens (tertiary/aromatic N) is 4. The number of fused-ring (bicyclic) bond motifs is 4. The Balaban J connectivity index is 0.000000111. The molecule has 0 atom stereocenters. The number of H-pyrrole nitrogens is 8. The molecule has 0 aliphatic heterocycles. The fraction of sp³-hybridized carbons (Fsp3) is 0.0417. The number of imidazole rings is 4. The standard InChI is InChI=1S/C26H23N3O2.C24H17F2N3.C23H14BrF2N3.C23H16BrN3/c1-16-23(21-6-4-5-7-22(21)27-16)26-28-24(17-8-12-19(30-2)13-9-17)25(29-26)18-10-14-20(31-3)15-11-18;1-14-21(19-4-2-3-5-20(19)27-14)24-28-22(15-6-10-17(25)11-7-15)23(29-24)16-8-12-18(26)13-9-16;24-15-5-10-20-18(11-15)19(12-27-20)23-28-21(13-1-6-16(25)7-2-13)22(29-23)14-3-8-17(26)9-4-14;24-17-11-12-20-18(13-17)19(14-25-20)23-26-21(15-7-3-1-4-8-15)22(27-23)16-9-5-2-6-10-16/h4-15,27H,1-3H3,(H,28,29);2-13,27H,1H3,(H,28,29);1-12,27H,(H,28,29);1-14,25H,(H,26,27). The number of hydrogen-bond donors (Lipinski definition) is 8. The summed E-state index contributed by atoms with van der Waals surface area (Å²) in [6, 6.07) is 90.1. The van der Waals surface area contributed by atoms with Crippen molar-refractivity contribution in [1.29, 1.82) is 0 Å². The summed E-state index contributed by atoms with van der Waals surface area (Å²) in [5, 5.41) is 4.37. The van der Waals surface area contributed by atoms with Crippen LogP contribution in [0.5, 0.6) is 11.5 Å². The smallest absolute Gasteiger partial charge is 0.140 e. The Hall–Kier alpha value is -14.1. The van der Waals surface area contributed by atoms with Crippen LogP contribution in [0.2, 0.25) is 0 Å². The van der Waals surface area contributed by atoms with Crippen LogP contribution in [0, 0.1) is 37.1 Å². The number of para-hydroxylation sites is 2. The van der Waals surface area contributed by atoms with E-state index in [0.717, 1.165) is 188 Å². The van der Waals surface area contributed by atoms with Crippen molar-refractivity contribution in [3.05, 3.63) is 347 Å². The third kappa shape index (κ3) is 15.4. The molecule has 0 spiro atoms. The molecular formula is C96H70Br2F4N12O2. The molecule has 20 heteroatoms. The van der Waals surface area contributed by atoms with Crippen molar-refractivity contribution in [2.75, 3.05) is 14.2 Å². The Labute approximate surface area is 680 Å². The predicted molar refractivity (Wildman–Crippen MR) is 465 cm³/mol. The van der Waals surface area contributed by atoms with Crippen molar-refractivity contribution in [3.8, 4) is 147 Å². The van der Waals surface area contributed by atoms with Crippen molar-refractivity contribution in [3.63, 3.8) is 0 Å². The summed E-state index contributed by atoms with van der Waals surface area (Å²) in [5.74, 6) is 3.49. The van der Waals surface area contributed by atoms with Crippen LogP contribution < -0.4 is 9.47 Å². The van der Waals surface area contributed by atoms with Gasteiger partial charge in [-0.25, -0.2) is 37.5 Å². The van der Waals surface area contributed by atoms with Crippen LogP contribution in [0.25, 0.3) is 179 Å². The molecule has 0 aliphatic carbocycles. The van der Waals surface area contributed by atoms with Gasteiger partial charge in [0.2, 0.25) is 0 Å². The first-order valence-corrected chi connectivity index (χ1v) is 38.8. The van der Waals surface area contributed by atoms with E-state index in [1.165, 1.54) is 48.5 Å². The highest BCUT2D eigenvalue weighted by molar-refractivity contribution is 9.10. The maximum absolute atomic E-state index is 13.5. The average molecular weight is 1660 g/mol. The van der Waals surface area contributed by atoms with Crippen LogP contribution in [0.1, 0.15) is 11.4 Å². The minimum Gasteiger partial charge on any atom is -0.497 e. The van der Waals surface area contributed by atoms with Crippen LogP contribution >= 0.6 is 31.9 Å². The Bertz CT molecular complexity index is 6620. The summed E-state index contributed by atoms with van der Waals surface area (Å²) in [7, 11) is 3.34. The third-order valence-electron chi connectivity index (χ3n) is 20.2. The number of benzene rings is 12. The fourth-order valence-electron chi connectivity index (χ4n) is 14.6. The summed E-state index contributed by atoms with van der Waals surface area (Å²) < 4.78 is 66.4. The molecule has 8 heterocycles. The van der Waals surface area contributed by atoms with E-state index in [2.05, 4.69) is 133 Å². The van der Waals surface area contributed by atoms with Crippen molar-refractivity contribution >= 4 is 75.5 Å². The maximum Gasteiger partial charge on any atom is 0.140 e. The van der Waals surface area contributed by atoms with Gasteiger partial charge in [0.1, 0.15) is 58.1 Å². The molecule has 0 amide bonds. The summed E-state index contributed by atoms with van der Waals surface area (Å²) in [5.41, 5.74) is 24.5. The first-order valence-electron chi connectivity index (χ1n) is 37.2. The molecule has 20 aromatic rings. The molecular weight excluding hydrogens is 1590 g/mol. The summed E-state index contributed by atoms with van der Waals surface area (Å²) in [6.45, 7) is 4.09. The molecule has 20 rings (SSSR count). The Morgan fingerprint density at radius 3 is 0.922 bits per heavy atom. The molecule has 0 saturated heterocycles. The van der Waals surface area contributed by atoms with Gasteiger partial charge in [-0.2, -0.15) is 0 Å². The topological polar surface area (TPSA) is 196 Å². The highest BCUT2D eigenvalue weighted by Crippen LogP contribution is 2.43. The normalized spacial score (nSPS) is 11.2. The molecule has 0 aliphatic rings. The van der Waals surface area contributed by atoms with Crippen molar-refractivity contribution in [2.45, 2.75) is 13.8 Å². The summed E-state index contributed by atoms with van der Waals surface area (Å²) >= 11 is 7.09. The molecule has 0 saturated carbocycles. The highest BCUT2D eigenvalue weighted by Gasteiger charge is 2.25. The Morgan fingerprint density at radius 1 is 0.276 bits per heavy atom. The van der Waals surface area contributed by atoms with Crippen molar-refractivity contribution in [1.82, 2.24) is 59.8 Å². The van der Waals surface area contributed by atoms with Crippen molar-refractivity contribution < 1.29 is 27.0 Å². The molecule has 568 valence electrons. The van der Waals surface area contributed by atoms with Gasteiger partial charge in [0.15, 0.2) is 0 Å². The number of halogens is 6. The Morgan fingerprint density at radius 2 is 0.560 bits per heavy atom. The highest BCUT2D eigenvalue weighted by atomic mass is 79.9. The Kier molecular flexibility index (Phi) is 21.0. The van der Waals surface area contributed by atoms with Gasteiger partial charge in [-0.1, -0.05) is 129 Å². The van der Waals surface area contributed by atoms with E-state index in [9.17, 15) is 17.6 Å². The zero-order chi connectivity index (χ0) is 79.5. The van der Waals surface area contributed by atoms with E-state index in [1.807, 2.05) is 159 Å². The number of aromatic amines is 8. The van der Waals surface area contributed by atoms with Crippen LogP contribution in [0.15, 0.2) is 313 Å². The predicted octanol–water partition coefficient (Wildman–Crippen LogP) is 26.3. The fourth-order valence-corrected chi connectivity index (χ4v) is 15.3. The van der Waals surface area contributed by atoms with Gasteiger partial charge in [-0.15, -0.1) is 0 Å². The lowest BCUT2D eigenvalue weighted by atomic mass is 10.0. The lowest BCUT2D eigenvalue weighted by molar-refractivity contribution is 0.414. The van der Waals surface area contributed by atoms with Gasteiger partial charge in [0.25, 0.3) is 0 Å². The third-order valence-corrected chi connectivity index (χ3v) is 21.2. The molecule has 0 radical (unpaired) electrons. The van der Waals surface area contributed by atoms with E-state index >= 15 is 0 Å². The lowest BCUT2D eigenvalue weighted by Crippen LogP contribution is -1.87. The van der Waals surface area contributed by atoms with Gasteiger partial charge in [0.05, 0.1) is 59.8 Å². The van der Waals surface area contributed by atoms with Gasteiger partial charge < -0.3 is 49.3 Å². The number of hydrogen-bond acceptors (Lipinski definition) is 6. The second kappa shape index (κ2) is 32.6. The molecule has 8 aromatic heterocycles. The van der Waals surface area contributed by atoms with Crippen LogP contribution in [0.4, 0.5) is 17.6 Å². The van der Waals surface area contributed by atoms with Gasteiger partial charge in [0, 0.05) is 143 Å². The lowest BCUT2D eigenvalue weighted by Gasteiger charge is -2.06. The quantitative estimate of drug-likeness (QED) is 0.0499. The number of rotatable bonds is 14. The van der Waals surface area contributed by atoms with Gasteiger partial charge >= 0.3 is 0 Å². The molecule has 116 heavy (non-hydrogen) atoms. The van der Waals surface area contributed by atoms with Crippen molar-refractivity contribution in [2.24, 2.45) is 0 Å². The number of nitrogens with one attached hydrogen (secondary N) is 8. The van der Waals surface area contributed by atoms with Crippen LogP contribution in [-0.2, 0) is 0 Å². The van der Waals surface area contributed by atoms with E-state index < -0.39 is 0 Å². The summed E-state index contributed by atoms with van der Waals surface area (Å²) in [6.07, 6.45) is 3.91. The zero-order valence-electron chi connectivity index (χ0n) is 62.7. The number of aromatic nitrogens is 12.